The lowest BCUT2D eigenvalue weighted by molar-refractivity contribution is 0.327. The third-order valence-corrected chi connectivity index (χ3v) is 3.73. The normalized spacial score (nSPS) is 10.6. The zero-order valence-corrected chi connectivity index (χ0v) is 13.6. The zero-order valence-electron chi connectivity index (χ0n) is 13.6. The molecule has 0 unspecified atom stereocenters. The molecule has 0 saturated heterocycles. The Morgan fingerprint density at radius 3 is 2.25 bits per heavy atom. The Balaban J connectivity index is 2.45. The number of nitrogens with two attached hydrogens (primary N) is 1. The fourth-order valence-corrected chi connectivity index (χ4v) is 2.59. The molecular formula is C17H17N3O4. The van der Waals surface area contributed by atoms with Gasteiger partial charge in [-0.3, -0.25) is 4.79 Å². The van der Waals surface area contributed by atoms with Crippen molar-refractivity contribution in [2.24, 2.45) is 0 Å². The number of nitrogen functional groups attached to an aromatic ring is 1. The lowest BCUT2D eigenvalue weighted by atomic mass is 10.1. The van der Waals surface area contributed by atoms with Crippen molar-refractivity contribution in [2.45, 2.75) is 0 Å². The van der Waals surface area contributed by atoms with E-state index in [1.165, 1.54) is 21.3 Å². The second-order valence-corrected chi connectivity index (χ2v) is 5.02. The van der Waals surface area contributed by atoms with Gasteiger partial charge in [0.25, 0.3) is 5.56 Å². The molecule has 0 bridgehead atoms. The SMILES string of the molecule is COc1cc2c(=O)n(N)c(-c3ccccc3)nc2c(OC)c1OC. The fraction of sp³-hybridized carbons (Fsp3) is 0.176. The van der Waals surface area contributed by atoms with E-state index in [-0.39, 0.29) is 5.39 Å². The summed E-state index contributed by atoms with van der Waals surface area (Å²) in [7, 11) is 4.46. The summed E-state index contributed by atoms with van der Waals surface area (Å²) in [5, 5.41) is 0.284. The highest BCUT2D eigenvalue weighted by Gasteiger charge is 2.21. The Kier molecular flexibility index (Phi) is 3.99. The van der Waals surface area contributed by atoms with E-state index in [0.29, 0.717) is 28.6 Å². The largest absolute Gasteiger partial charge is 0.493 e. The van der Waals surface area contributed by atoms with Crippen molar-refractivity contribution in [3.05, 3.63) is 46.8 Å². The molecule has 0 aliphatic carbocycles. The molecule has 0 aliphatic heterocycles. The quantitative estimate of drug-likeness (QED) is 0.735. The molecule has 1 heterocycles. The molecule has 2 aromatic carbocycles. The Morgan fingerprint density at radius 2 is 1.67 bits per heavy atom. The first-order chi connectivity index (χ1) is 11.6. The van der Waals surface area contributed by atoms with E-state index in [9.17, 15) is 4.79 Å². The first kappa shape index (κ1) is 15.7. The molecule has 3 rings (SSSR count). The first-order valence-electron chi connectivity index (χ1n) is 7.18. The summed E-state index contributed by atoms with van der Waals surface area (Å²) >= 11 is 0. The summed E-state index contributed by atoms with van der Waals surface area (Å²) in [6, 6.07) is 10.8. The van der Waals surface area contributed by atoms with Crippen molar-refractivity contribution in [3.63, 3.8) is 0 Å². The Hall–Kier alpha value is -3.22. The van der Waals surface area contributed by atoms with Crippen LogP contribution in [0, 0.1) is 0 Å². The predicted octanol–water partition coefficient (Wildman–Crippen LogP) is 1.80. The molecule has 0 radical (unpaired) electrons. The summed E-state index contributed by atoms with van der Waals surface area (Å²) in [6.07, 6.45) is 0. The Labute approximate surface area is 138 Å². The van der Waals surface area contributed by atoms with Gasteiger partial charge in [0, 0.05) is 5.56 Å². The molecule has 1 aromatic heterocycles. The maximum Gasteiger partial charge on any atom is 0.280 e. The summed E-state index contributed by atoms with van der Waals surface area (Å²) in [5.74, 6) is 7.35. The molecule has 0 atom stereocenters. The monoisotopic (exact) mass is 327 g/mol. The zero-order chi connectivity index (χ0) is 17.3. The molecule has 24 heavy (non-hydrogen) atoms. The van der Waals surface area contributed by atoms with Gasteiger partial charge in [0.1, 0.15) is 5.52 Å². The number of nitrogens with zero attached hydrogens (tertiary/aromatic N) is 2. The van der Waals surface area contributed by atoms with Crippen molar-refractivity contribution in [1.29, 1.82) is 0 Å². The number of aromatic nitrogens is 2. The van der Waals surface area contributed by atoms with Gasteiger partial charge in [-0.1, -0.05) is 30.3 Å². The van der Waals surface area contributed by atoms with Crippen molar-refractivity contribution < 1.29 is 14.2 Å². The van der Waals surface area contributed by atoms with Gasteiger partial charge in [-0.2, -0.15) is 0 Å². The highest BCUT2D eigenvalue weighted by molar-refractivity contribution is 5.90. The van der Waals surface area contributed by atoms with Gasteiger partial charge in [0.15, 0.2) is 17.3 Å². The van der Waals surface area contributed by atoms with E-state index in [2.05, 4.69) is 4.98 Å². The van der Waals surface area contributed by atoms with Crippen LogP contribution in [0.1, 0.15) is 0 Å². The minimum absolute atomic E-state index is 0.284. The van der Waals surface area contributed by atoms with E-state index in [1.54, 1.807) is 6.07 Å². The average molecular weight is 327 g/mol. The molecule has 0 aliphatic rings. The van der Waals surface area contributed by atoms with Gasteiger partial charge in [-0.05, 0) is 6.07 Å². The van der Waals surface area contributed by atoms with Crippen LogP contribution in [0.2, 0.25) is 0 Å². The smallest absolute Gasteiger partial charge is 0.280 e. The number of rotatable bonds is 4. The lowest BCUT2D eigenvalue weighted by Gasteiger charge is -2.16. The van der Waals surface area contributed by atoms with E-state index < -0.39 is 5.56 Å². The molecule has 7 heteroatoms. The average Bonchev–Trinajstić information content (AvgIpc) is 2.63. The number of hydrogen-bond acceptors (Lipinski definition) is 6. The third-order valence-electron chi connectivity index (χ3n) is 3.73. The van der Waals surface area contributed by atoms with Crippen LogP contribution >= 0.6 is 0 Å². The van der Waals surface area contributed by atoms with Gasteiger partial charge in [0.2, 0.25) is 5.75 Å². The number of methoxy groups -OCH3 is 3. The lowest BCUT2D eigenvalue weighted by Crippen LogP contribution is -2.30. The van der Waals surface area contributed by atoms with Crippen LogP contribution < -0.4 is 25.6 Å². The number of ether oxygens (including phenoxy) is 3. The van der Waals surface area contributed by atoms with Crippen LogP contribution in [0.4, 0.5) is 0 Å². The molecule has 2 N–H and O–H groups in total. The van der Waals surface area contributed by atoms with Gasteiger partial charge >= 0.3 is 0 Å². The van der Waals surface area contributed by atoms with Crippen molar-refractivity contribution in [3.8, 4) is 28.6 Å². The molecular weight excluding hydrogens is 310 g/mol. The second kappa shape index (κ2) is 6.11. The van der Waals surface area contributed by atoms with E-state index in [0.717, 1.165) is 10.2 Å². The fourth-order valence-electron chi connectivity index (χ4n) is 2.59. The van der Waals surface area contributed by atoms with Crippen LogP contribution in [0.15, 0.2) is 41.2 Å². The summed E-state index contributed by atoms with van der Waals surface area (Å²) in [6.45, 7) is 0. The summed E-state index contributed by atoms with van der Waals surface area (Å²) in [5.41, 5.74) is 0.676. The minimum Gasteiger partial charge on any atom is -0.493 e. The number of benzene rings is 2. The van der Waals surface area contributed by atoms with Crippen LogP contribution in [0.3, 0.4) is 0 Å². The molecule has 124 valence electrons. The molecule has 0 spiro atoms. The summed E-state index contributed by atoms with van der Waals surface area (Å²) in [4.78, 5) is 17.2. The van der Waals surface area contributed by atoms with Crippen LogP contribution in [0.5, 0.6) is 17.2 Å². The van der Waals surface area contributed by atoms with E-state index in [1.807, 2.05) is 30.3 Å². The van der Waals surface area contributed by atoms with Gasteiger partial charge in [-0.15, -0.1) is 0 Å². The van der Waals surface area contributed by atoms with Gasteiger partial charge in [-0.25, -0.2) is 9.66 Å². The topological polar surface area (TPSA) is 88.6 Å². The van der Waals surface area contributed by atoms with Gasteiger partial charge < -0.3 is 20.1 Å². The van der Waals surface area contributed by atoms with Crippen LogP contribution in [0.25, 0.3) is 22.3 Å². The van der Waals surface area contributed by atoms with Crippen LogP contribution in [-0.2, 0) is 0 Å². The molecule has 0 saturated carbocycles. The number of fused-ring (bicyclic) bond motifs is 1. The Morgan fingerprint density at radius 1 is 1.00 bits per heavy atom. The van der Waals surface area contributed by atoms with Crippen LogP contribution in [-0.4, -0.2) is 31.0 Å². The summed E-state index contributed by atoms with van der Waals surface area (Å²) < 4.78 is 17.1. The van der Waals surface area contributed by atoms with Crippen molar-refractivity contribution >= 4 is 10.9 Å². The highest BCUT2D eigenvalue weighted by atomic mass is 16.5. The van der Waals surface area contributed by atoms with E-state index in [4.69, 9.17) is 20.1 Å². The molecule has 7 nitrogen and oxygen atoms in total. The highest BCUT2D eigenvalue weighted by Crippen LogP contribution is 2.41. The van der Waals surface area contributed by atoms with Gasteiger partial charge in [0.05, 0.1) is 26.7 Å². The predicted molar refractivity (Wildman–Crippen MR) is 91.2 cm³/mol. The standard InChI is InChI=1S/C17H17N3O4/c1-22-12-9-11-13(15(24-3)14(12)23-2)19-16(20(18)17(11)21)10-7-5-4-6-8-10/h4-9H,18H2,1-3H3. The van der Waals surface area contributed by atoms with E-state index >= 15 is 0 Å². The molecule has 0 fully saturated rings. The molecule has 3 aromatic rings. The van der Waals surface area contributed by atoms with Crippen molar-refractivity contribution in [2.75, 3.05) is 27.2 Å². The van der Waals surface area contributed by atoms with Crippen molar-refractivity contribution in [1.82, 2.24) is 9.66 Å². The Bertz CT molecular complexity index is 952. The minimum atomic E-state index is -0.405. The maximum absolute atomic E-state index is 12.7. The number of hydrogen-bond donors (Lipinski definition) is 1. The third kappa shape index (κ3) is 2.30. The second-order valence-electron chi connectivity index (χ2n) is 5.02. The maximum atomic E-state index is 12.7. The first-order valence-corrected chi connectivity index (χ1v) is 7.18. The molecule has 0 amide bonds.